The number of hydrogen-bond acceptors (Lipinski definition) is 4. The maximum atomic E-state index is 12.7. The Bertz CT molecular complexity index is 757. The predicted octanol–water partition coefficient (Wildman–Crippen LogP) is 3.07. The van der Waals surface area contributed by atoms with Gasteiger partial charge in [-0.2, -0.15) is 0 Å². The second-order valence-corrected chi connectivity index (χ2v) is 7.24. The van der Waals surface area contributed by atoms with Crippen molar-refractivity contribution in [2.75, 3.05) is 11.9 Å². The van der Waals surface area contributed by atoms with E-state index in [4.69, 9.17) is 0 Å². The molecular formula is C19H23N3O2S. The molecule has 0 saturated carbocycles. The van der Waals surface area contributed by atoms with Crippen molar-refractivity contribution in [1.82, 2.24) is 10.6 Å². The van der Waals surface area contributed by atoms with E-state index >= 15 is 0 Å². The van der Waals surface area contributed by atoms with Gasteiger partial charge in [-0.05, 0) is 55.3 Å². The van der Waals surface area contributed by atoms with Gasteiger partial charge in [-0.15, -0.1) is 11.3 Å². The number of carbonyl (C=O) groups excluding carboxylic acids is 2. The maximum absolute atomic E-state index is 12.7. The second kappa shape index (κ2) is 8.16. The number of aryl methyl sites for hydroxylation is 1. The van der Waals surface area contributed by atoms with Gasteiger partial charge in [0.05, 0.1) is 5.56 Å². The lowest BCUT2D eigenvalue weighted by molar-refractivity contribution is -0.122. The van der Waals surface area contributed by atoms with Crippen LogP contribution in [0.15, 0.2) is 35.7 Å². The average molecular weight is 357 g/mol. The van der Waals surface area contributed by atoms with Crippen LogP contribution in [0.25, 0.3) is 0 Å². The largest absolute Gasteiger partial charge is 0.379 e. The summed E-state index contributed by atoms with van der Waals surface area (Å²) in [6.07, 6.45) is 2.57. The van der Waals surface area contributed by atoms with E-state index in [0.717, 1.165) is 18.5 Å². The molecule has 1 aromatic heterocycles. The summed E-state index contributed by atoms with van der Waals surface area (Å²) >= 11 is 1.70. The molecule has 132 valence electrons. The zero-order chi connectivity index (χ0) is 17.6. The van der Waals surface area contributed by atoms with Crippen LogP contribution in [0, 0.1) is 6.92 Å². The molecule has 5 nitrogen and oxygen atoms in total. The standard InChI is InChI=1S/C19H23N3O2S/c1-13-9-11-25-17(13)12-21-15-7-3-2-6-14(15)18(23)22-16-8-4-5-10-20-19(16)24/h2-3,6-7,9,11,16,21H,4-5,8,10,12H2,1H3,(H,20,24)(H,22,23)/t16-/m0/s1. The highest BCUT2D eigenvalue weighted by atomic mass is 32.1. The quantitative estimate of drug-likeness (QED) is 0.770. The molecule has 1 aromatic carbocycles. The van der Waals surface area contributed by atoms with Crippen LogP contribution in [0.2, 0.25) is 0 Å². The Morgan fingerprint density at radius 1 is 1.28 bits per heavy atom. The molecular weight excluding hydrogens is 334 g/mol. The first-order chi connectivity index (χ1) is 12.1. The van der Waals surface area contributed by atoms with Crippen LogP contribution in [-0.2, 0) is 11.3 Å². The number of nitrogens with one attached hydrogen (secondary N) is 3. The number of amides is 2. The van der Waals surface area contributed by atoms with Gasteiger partial charge in [0, 0.05) is 23.7 Å². The number of benzene rings is 1. The van der Waals surface area contributed by atoms with Crippen molar-refractivity contribution in [2.24, 2.45) is 0 Å². The smallest absolute Gasteiger partial charge is 0.254 e. The SMILES string of the molecule is Cc1ccsc1CNc1ccccc1C(=O)N[C@H]1CCCCNC1=O. The lowest BCUT2D eigenvalue weighted by Gasteiger charge is -2.17. The molecule has 0 spiro atoms. The molecule has 6 heteroatoms. The summed E-state index contributed by atoms with van der Waals surface area (Å²) in [6.45, 7) is 3.44. The van der Waals surface area contributed by atoms with Crippen LogP contribution >= 0.6 is 11.3 Å². The first-order valence-electron chi connectivity index (χ1n) is 8.59. The van der Waals surface area contributed by atoms with Gasteiger partial charge in [0.2, 0.25) is 5.91 Å². The Morgan fingerprint density at radius 2 is 2.12 bits per heavy atom. The highest BCUT2D eigenvalue weighted by molar-refractivity contribution is 7.10. The summed E-state index contributed by atoms with van der Waals surface area (Å²) in [7, 11) is 0. The number of thiophene rings is 1. The Kier molecular flexibility index (Phi) is 5.71. The lowest BCUT2D eigenvalue weighted by atomic mass is 10.1. The van der Waals surface area contributed by atoms with E-state index in [1.54, 1.807) is 17.4 Å². The maximum Gasteiger partial charge on any atom is 0.254 e. The van der Waals surface area contributed by atoms with Gasteiger partial charge in [-0.3, -0.25) is 9.59 Å². The third-order valence-electron chi connectivity index (χ3n) is 4.42. The zero-order valence-corrected chi connectivity index (χ0v) is 15.1. The van der Waals surface area contributed by atoms with E-state index in [1.165, 1.54) is 10.4 Å². The molecule has 0 unspecified atom stereocenters. The Labute approximate surface area is 151 Å². The fraction of sp³-hybridized carbons (Fsp3) is 0.368. The number of hydrogen-bond donors (Lipinski definition) is 3. The minimum atomic E-state index is -0.456. The van der Waals surface area contributed by atoms with Crippen molar-refractivity contribution in [1.29, 1.82) is 0 Å². The highest BCUT2D eigenvalue weighted by Crippen LogP contribution is 2.20. The number of para-hydroxylation sites is 1. The molecule has 0 aliphatic carbocycles. The summed E-state index contributed by atoms with van der Waals surface area (Å²) in [6, 6.07) is 9.05. The van der Waals surface area contributed by atoms with Crippen LogP contribution in [0.3, 0.4) is 0 Å². The Hall–Kier alpha value is -2.34. The zero-order valence-electron chi connectivity index (χ0n) is 14.3. The fourth-order valence-corrected chi connectivity index (χ4v) is 3.75. The minimum Gasteiger partial charge on any atom is -0.379 e. The van der Waals surface area contributed by atoms with Crippen LogP contribution in [0.1, 0.15) is 40.1 Å². The molecule has 1 aliphatic heterocycles. The van der Waals surface area contributed by atoms with Crippen LogP contribution in [0.4, 0.5) is 5.69 Å². The van der Waals surface area contributed by atoms with E-state index < -0.39 is 6.04 Å². The van der Waals surface area contributed by atoms with Gasteiger partial charge in [0.25, 0.3) is 5.91 Å². The Morgan fingerprint density at radius 3 is 2.92 bits per heavy atom. The van der Waals surface area contributed by atoms with Crippen LogP contribution in [-0.4, -0.2) is 24.4 Å². The molecule has 25 heavy (non-hydrogen) atoms. The fourth-order valence-electron chi connectivity index (χ4n) is 2.91. The van der Waals surface area contributed by atoms with Gasteiger partial charge in [0.1, 0.15) is 6.04 Å². The number of rotatable bonds is 5. The van der Waals surface area contributed by atoms with Gasteiger partial charge >= 0.3 is 0 Å². The summed E-state index contributed by atoms with van der Waals surface area (Å²) in [5.41, 5.74) is 2.59. The van der Waals surface area contributed by atoms with Crippen molar-refractivity contribution in [3.63, 3.8) is 0 Å². The van der Waals surface area contributed by atoms with Crippen LogP contribution < -0.4 is 16.0 Å². The summed E-state index contributed by atoms with van der Waals surface area (Å²) in [4.78, 5) is 26.0. The molecule has 3 rings (SSSR count). The summed E-state index contributed by atoms with van der Waals surface area (Å²) in [5, 5.41) is 11.1. The summed E-state index contributed by atoms with van der Waals surface area (Å²) < 4.78 is 0. The van der Waals surface area contributed by atoms with Crippen molar-refractivity contribution in [3.05, 3.63) is 51.7 Å². The van der Waals surface area contributed by atoms with Crippen molar-refractivity contribution >= 4 is 28.8 Å². The first-order valence-corrected chi connectivity index (χ1v) is 9.47. The van der Waals surface area contributed by atoms with E-state index in [-0.39, 0.29) is 11.8 Å². The van der Waals surface area contributed by atoms with E-state index in [0.29, 0.717) is 25.1 Å². The lowest BCUT2D eigenvalue weighted by Crippen LogP contribution is -2.45. The van der Waals surface area contributed by atoms with Gasteiger partial charge < -0.3 is 16.0 Å². The second-order valence-electron chi connectivity index (χ2n) is 6.24. The third-order valence-corrected chi connectivity index (χ3v) is 5.44. The molecule has 1 atom stereocenters. The number of anilines is 1. The molecule has 1 aliphatic rings. The van der Waals surface area contributed by atoms with Crippen molar-refractivity contribution in [3.8, 4) is 0 Å². The highest BCUT2D eigenvalue weighted by Gasteiger charge is 2.23. The molecule has 1 saturated heterocycles. The average Bonchev–Trinajstić information content (AvgIpc) is 2.92. The normalized spacial score (nSPS) is 17.5. The third kappa shape index (κ3) is 4.39. The molecule has 2 amide bonds. The predicted molar refractivity (Wildman–Crippen MR) is 101 cm³/mol. The van der Waals surface area contributed by atoms with E-state index in [1.807, 2.05) is 18.2 Å². The van der Waals surface area contributed by atoms with Gasteiger partial charge in [0.15, 0.2) is 0 Å². The van der Waals surface area contributed by atoms with Gasteiger partial charge in [-0.25, -0.2) is 0 Å². The van der Waals surface area contributed by atoms with Crippen molar-refractivity contribution in [2.45, 2.75) is 38.8 Å². The van der Waals surface area contributed by atoms with Gasteiger partial charge in [-0.1, -0.05) is 12.1 Å². The van der Waals surface area contributed by atoms with Crippen molar-refractivity contribution < 1.29 is 9.59 Å². The topological polar surface area (TPSA) is 70.2 Å². The molecule has 1 fully saturated rings. The molecule has 0 radical (unpaired) electrons. The van der Waals surface area contributed by atoms with E-state index in [9.17, 15) is 9.59 Å². The minimum absolute atomic E-state index is 0.0921. The molecule has 3 N–H and O–H groups in total. The first kappa shape index (κ1) is 17.5. The molecule has 2 aromatic rings. The number of carbonyl (C=O) groups is 2. The molecule has 0 bridgehead atoms. The molecule has 2 heterocycles. The van der Waals surface area contributed by atoms with Crippen LogP contribution in [0.5, 0.6) is 0 Å². The van der Waals surface area contributed by atoms with E-state index in [2.05, 4.69) is 34.3 Å². The monoisotopic (exact) mass is 357 g/mol. The summed E-state index contributed by atoms with van der Waals surface area (Å²) in [5.74, 6) is -0.307. The Balaban J connectivity index is 1.69.